The Bertz CT molecular complexity index is 1210. The number of thioether (sulfide) groups is 1. The van der Waals surface area contributed by atoms with Crippen LogP contribution in [0.4, 0.5) is 4.39 Å². The molecule has 0 bridgehead atoms. The predicted molar refractivity (Wildman–Crippen MR) is 133 cm³/mol. The first-order valence-corrected chi connectivity index (χ1v) is 12.9. The number of nitriles is 1. The van der Waals surface area contributed by atoms with Crippen LogP contribution in [0.3, 0.4) is 0 Å². The number of halogens is 1. The Kier molecular flexibility index (Phi) is 8.21. The Labute approximate surface area is 208 Å². The first-order valence-electron chi connectivity index (χ1n) is 11.7. The third-order valence-electron chi connectivity index (χ3n) is 6.49. The number of aromatic nitrogens is 2. The molecular weight excluding hydrogens is 465 g/mol. The van der Waals surface area contributed by atoms with E-state index in [-0.39, 0.29) is 12.4 Å². The van der Waals surface area contributed by atoms with Gasteiger partial charge in [-0.3, -0.25) is 4.68 Å². The van der Waals surface area contributed by atoms with Gasteiger partial charge in [-0.2, -0.15) is 10.4 Å². The summed E-state index contributed by atoms with van der Waals surface area (Å²) >= 11 is 1.53. The van der Waals surface area contributed by atoms with E-state index in [1.165, 1.54) is 23.9 Å². The summed E-state index contributed by atoms with van der Waals surface area (Å²) in [5.74, 6) is -0.522. The van der Waals surface area contributed by atoms with E-state index in [2.05, 4.69) is 6.07 Å². The summed E-state index contributed by atoms with van der Waals surface area (Å²) in [6, 6.07) is 16.3. The molecule has 0 atom stereocenters. The van der Waals surface area contributed by atoms with Crippen LogP contribution in [0.1, 0.15) is 31.2 Å². The van der Waals surface area contributed by atoms with Crippen molar-refractivity contribution in [2.75, 3.05) is 19.5 Å². The van der Waals surface area contributed by atoms with Gasteiger partial charge in [-0.05, 0) is 62.0 Å². The van der Waals surface area contributed by atoms with E-state index in [1.54, 1.807) is 6.07 Å². The summed E-state index contributed by atoms with van der Waals surface area (Å²) in [6.45, 7) is 0.949. The molecule has 4 rings (SSSR count). The number of carbonyl (C=O) groups is 1. The molecule has 0 unspecified atom stereocenters. The van der Waals surface area contributed by atoms with Crippen molar-refractivity contribution in [3.63, 3.8) is 0 Å². The largest absolute Gasteiger partial charge is 0.480 e. The molecule has 1 fully saturated rings. The van der Waals surface area contributed by atoms with Crippen molar-refractivity contribution >= 4 is 17.7 Å². The van der Waals surface area contributed by atoms with Gasteiger partial charge in [-0.15, -0.1) is 11.8 Å². The minimum atomic E-state index is -0.941. The second-order valence-electron chi connectivity index (χ2n) is 8.88. The maximum absolute atomic E-state index is 15.1. The summed E-state index contributed by atoms with van der Waals surface area (Å²) in [5.41, 5.74) is 3.12. The Balaban J connectivity index is 1.62. The van der Waals surface area contributed by atoms with Crippen molar-refractivity contribution in [2.45, 2.75) is 37.3 Å². The Morgan fingerprint density at radius 2 is 1.91 bits per heavy atom. The van der Waals surface area contributed by atoms with Crippen LogP contribution in [-0.4, -0.2) is 40.3 Å². The second-order valence-corrected chi connectivity index (χ2v) is 9.68. The third kappa shape index (κ3) is 5.92. The zero-order valence-electron chi connectivity index (χ0n) is 19.6. The molecule has 1 aliphatic carbocycles. The van der Waals surface area contributed by atoms with Crippen LogP contribution >= 0.6 is 11.8 Å². The molecule has 0 aliphatic heterocycles. The highest BCUT2D eigenvalue weighted by molar-refractivity contribution is 7.98. The summed E-state index contributed by atoms with van der Waals surface area (Å²) in [5, 5.41) is 24.0. The lowest BCUT2D eigenvalue weighted by Gasteiger charge is -2.28. The maximum Gasteiger partial charge on any atom is 0.329 e. The van der Waals surface area contributed by atoms with E-state index >= 15 is 4.39 Å². The lowest BCUT2D eigenvalue weighted by Crippen LogP contribution is -2.23. The molecule has 35 heavy (non-hydrogen) atoms. The maximum atomic E-state index is 15.1. The average Bonchev–Trinajstić information content (AvgIpc) is 3.23. The molecule has 0 radical (unpaired) electrons. The zero-order chi connectivity index (χ0) is 24.8. The van der Waals surface area contributed by atoms with Gasteiger partial charge in [0.15, 0.2) is 0 Å². The molecule has 1 N–H and O–H groups in total. The van der Waals surface area contributed by atoms with E-state index < -0.39 is 5.97 Å². The number of carboxylic acid groups (broad SMARTS) is 1. The highest BCUT2D eigenvalue weighted by Crippen LogP contribution is 2.41. The number of carboxylic acids is 1. The summed E-state index contributed by atoms with van der Waals surface area (Å²) in [4.78, 5) is 10.7. The van der Waals surface area contributed by atoms with Gasteiger partial charge in [0.2, 0.25) is 0 Å². The number of hydrogen-bond donors (Lipinski definition) is 1. The fraction of sp³-hybridized carbons (Fsp3) is 0.370. The Morgan fingerprint density at radius 1 is 1.20 bits per heavy atom. The molecular formula is C27H28FN3O3S. The first kappa shape index (κ1) is 25.0. The summed E-state index contributed by atoms with van der Waals surface area (Å²) in [6.07, 6.45) is 5.94. The Morgan fingerprint density at radius 3 is 2.57 bits per heavy atom. The van der Waals surface area contributed by atoms with Gasteiger partial charge in [-0.1, -0.05) is 30.3 Å². The van der Waals surface area contributed by atoms with Crippen LogP contribution in [0.15, 0.2) is 53.6 Å². The normalized spacial score (nSPS) is 17.7. The molecule has 0 saturated heterocycles. The SMILES string of the molecule is CSc1c(-c2cc(C#N)ccc2F)c(-c2ccccc2)nn1C[C@H]1CC[C@@H](COCC(=O)O)CC1. The topological polar surface area (TPSA) is 88.1 Å². The number of nitrogens with zero attached hydrogens (tertiary/aromatic N) is 3. The summed E-state index contributed by atoms with van der Waals surface area (Å²) in [7, 11) is 0. The van der Waals surface area contributed by atoms with E-state index in [1.807, 2.05) is 41.3 Å². The van der Waals surface area contributed by atoms with Crippen molar-refractivity contribution in [1.29, 1.82) is 5.26 Å². The van der Waals surface area contributed by atoms with Crippen LogP contribution in [0.25, 0.3) is 22.4 Å². The minimum Gasteiger partial charge on any atom is -0.480 e. The standard InChI is InChI=1S/C27H28FN3O3S/c1-35-27-25(22-13-20(14-29)11-12-23(22)28)26(21-5-3-2-4-6-21)30-31(27)15-18-7-9-19(10-8-18)16-34-17-24(32)33/h2-6,11-13,18-19H,7-10,15-17H2,1H3,(H,32,33)/t18-,19+. The minimum absolute atomic E-state index is 0.251. The number of benzene rings is 2. The van der Waals surface area contributed by atoms with E-state index in [4.69, 9.17) is 14.9 Å². The first-order chi connectivity index (χ1) is 17.0. The van der Waals surface area contributed by atoms with Gasteiger partial charge >= 0.3 is 5.97 Å². The van der Waals surface area contributed by atoms with Crippen molar-refractivity contribution in [3.8, 4) is 28.5 Å². The highest BCUT2D eigenvalue weighted by atomic mass is 32.2. The fourth-order valence-corrected chi connectivity index (χ4v) is 5.48. The number of rotatable bonds is 9. The van der Waals surface area contributed by atoms with E-state index in [9.17, 15) is 10.1 Å². The van der Waals surface area contributed by atoms with E-state index in [0.717, 1.165) is 42.8 Å². The predicted octanol–water partition coefficient (Wildman–Crippen LogP) is 5.86. The zero-order valence-corrected chi connectivity index (χ0v) is 20.4. The van der Waals surface area contributed by atoms with Crippen molar-refractivity contribution in [2.24, 2.45) is 11.8 Å². The molecule has 182 valence electrons. The molecule has 0 spiro atoms. The van der Waals surface area contributed by atoms with Gasteiger partial charge in [0.05, 0.1) is 18.2 Å². The van der Waals surface area contributed by atoms with Crippen LogP contribution in [0, 0.1) is 29.0 Å². The van der Waals surface area contributed by atoms with Crippen molar-refractivity contribution in [3.05, 3.63) is 59.9 Å². The molecule has 2 aromatic carbocycles. The molecule has 1 heterocycles. The Hall–Kier alpha value is -3.15. The molecule has 8 heteroatoms. The molecule has 3 aromatic rings. The number of aliphatic carboxylic acids is 1. The van der Waals surface area contributed by atoms with Crippen molar-refractivity contribution in [1.82, 2.24) is 9.78 Å². The van der Waals surface area contributed by atoms with Crippen LogP contribution in [0.2, 0.25) is 0 Å². The van der Waals surface area contributed by atoms with Crippen LogP contribution in [0.5, 0.6) is 0 Å². The van der Waals surface area contributed by atoms with Gasteiger partial charge in [0.1, 0.15) is 23.1 Å². The van der Waals surface area contributed by atoms with Gasteiger partial charge in [0, 0.05) is 23.2 Å². The molecule has 1 saturated carbocycles. The quantitative estimate of drug-likeness (QED) is 0.376. The van der Waals surface area contributed by atoms with Crippen molar-refractivity contribution < 1.29 is 19.0 Å². The van der Waals surface area contributed by atoms with Gasteiger partial charge < -0.3 is 9.84 Å². The lowest BCUT2D eigenvalue weighted by atomic mass is 9.82. The lowest BCUT2D eigenvalue weighted by molar-refractivity contribution is -0.142. The number of hydrogen-bond acceptors (Lipinski definition) is 5. The average molecular weight is 494 g/mol. The van der Waals surface area contributed by atoms with E-state index in [0.29, 0.717) is 40.8 Å². The third-order valence-corrected chi connectivity index (χ3v) is 7.29. The van der Waals surface area contributed by atoms with Gasteiger partial charge in [0.25, 0.3) is 0 Å². The molecule has 1 aliphatic rings. The van der Waals surface area contributed by atoms with Crippen LogP contribution < -0.4 is 0 Å². The van der Waals surface area contributed by atoms with Gasteiger partial charge in [-0.25, -0.2) is 9.18 Å². The fourth-order valence-electron chi connectivity index (χ4n) is 4.74. The monoisotopic (exact) mass is 493 g/mol. The highest BCUT2D eigenvalue weighted by Gasteiger charge is 2.27. The summed E-state index contributed by atoms with van der Waals surface area (Å²) < 4.78 is 22.3. The molecule has 6 nitrogen and oxygen atoms in total. The second kappa shape index (κ2) is 11.5. The molecule has 0 amide bonds. The smallest absolute Gasteiger partial charge is 0.329 e. The van der Waals surface area contributed by atoms with Crippen LogP contribution in [-0.2, 0) is 16.1 Å². The molecule has 1 aromatic heterocycles. The number of ether oxygens (including phenoxy) is 1.